The van der Waals surface area contributed by atoms with Crippen molar-refractivity contribution >= 4 is 46.3 Å². The van der Waals surface area contributed by atoms with Gasteiger partial charge in [0.1, 0.15) is 11.5 Å². The van der Waals surface area contributed by atoms with E-state index in [9.17, 15) is 14.4 Å². The standard InChI is InChI=1S/C34H28N2O3S/c1-2-8-21-14-16-23(17-15-21)31(37)29-30(32(38)27-13-7-20-40-27)36-26-12-6-3-9-22(26)18-19-28(36)34(29)24-10-4-5-11-25(24)35-33(34)39/h3-7,9-20,28-30H,2,8H2,1H3,(H,35,39)/t28-,29-,30-,34+/m1/s1. The SMILES string of the molecule is CCCc1ccc(C(=O)[C@H]2[C@H](C(=O)c3cccs3)N3c4ccccc4C=C[C@@H]3[C@]23C(=O)Nc2ccccc23)cc1. The van der Waals surface area contributed by atoms with Crippen molar-refractivity contribution in [3.05, 3.63) is 124 Å². The fourth-order valence-electron chi connectivity index (χ4n) is 6.99. The number of thiophene rings is 1. The first-order valence-corrected chi connectivity index (χ1v) is 14.6. The molecule has 5 nitrogen and oxygen atoms in total. The maximum Gasteiger partial charge on any atom is 0.238 e. The Bertz CT molecular complexity index is 1670. The van der Waals surface area contributed by atoms with E-state index in [-0.39, 0.29) is 17.5 Å². The molecule has 6 heteroatoms. The number of hydrogen-bond donors (Lipinski definition) is 1. The normalized spacial score (nSPS) is 24.0. The van der Waals surface area contributed by atoms with Crippen LogP contribution >= 0.6 is 11.3 Å². The molecule has 4 aromatic rings. The monoisotopic (exact) mass is 544 g/mol. The van der Waals surface area contributed by atoms with E-state index >= 15 is 0 Å². The number of para-hydroxylation sites is 2. The summed E-state index contributed by atoms with van der Waals surface area (Å²) >= 11 is 1.37. The molecule has 1 spiro atoms. The van der Waals surface area contributed by atoms with Gasteiger partial charge in [0.15, 0.2) is 11.6 Å². The van der Waals surface area contributed by atoms with Crippen molar-refractivity contribution in [2.45, 2.75) is 37.3 Å². The highest BCUT2D eigenvalue weighted by atomic mass is 32.1. The minimum Gasteiger partial charge on any atom is -0.352 e. The summed E-state index contributed by atoms with van der Waals surface area (Å²) in [5, 5.41) is 4.96. The Morgan fingerprint density at radius 1 is 0.925 bits per heavy atom. The van der Waals surface area contributed by atoms with Crippen molar-refractivity contribution in [2.24, 2.45) is 5.92 Å². The van der Waals surface area contributed by atoms with E-state index in [1.807, 2.05) is 107 Å². The van der Waals surface area contributed by atoms with Crippen LogP contribution in [0, 0.1) is 5.92 Å². The van der Waals surface area contributed by atoms with Crippen LogP contribution < -0.4 is 10.2 Å². The van der Waals surface area contributed by atoms with Gasteiger partial charge in [-0.2, -0.15) is 0 Å². The lowest BCUT2D eigenvalue weighted by Crippen LogP contribution is -2.51. The highest BCUT2D eigenvalue weighted by Gasteiger charge is 2.70. The molecule has 0 bridgehead atoms. The average Bonchev–Trinajstić information content (AvgIpc) is 3.70. The van der Waals surface area contributed by atoms with Crippen LogP contribution in [0.5, 0.6) is 0 Å². The molecule has 1 N–H and O–H groups in total. The van der Waals surface area contributed by atoms with E-state index in [4.69, 9.17) is 0 Å². The van der Waals surface area contributed by atoms with Crippen molar-refractivity contribution in [3.63, 3.8) is 0 Å². The van der Waals surface area contributed by atoms with E-state index in [0.29, 0.717) is 16.1 Å². The number of nitrogens with zero attached hydrogens (tertiary/aromatic N) is 1. The van der Waals surface area contributed by atoms with Crippen molar-refractivity contribution in [3.8, 4) is 0 Å². The number of carbonyl (C=O) groups is 3. The number of fused-ring (bicyclic) bond motifs is 6. The molecule has 1 saturated heterocycles. The van der Waals surface area contributed by atoms with Gasteiger partial charge in [0, 0.05) is 16.9 Å². The summed E-state index contributed by atoms with van der Waals surface area (Å²) in [7, 11) is 0. The van der Waals surface area contributed by atoms with E-state index in [2.05, 4.69) is 12.2 Å². The number of Topliss-reactive ketones (excluding diaryl/α,β-unsaturated/α-hetero) is 2. The number of carbonyl (C=O) groups excluding carboxylic acids is 3. The van der Waals surface area contributed by atoms with Crippen molar-refractivity contribution < 1.29 is 14.4 Å². The summed E-state index contributed by atoms with van der Waals surface area (Å²) in [6, 6.07) is 25.4. The number of benzene rings is 3. The second-order valence-corrected chi connectivity index (χ2v) is 11.7. The number of hydrogen-bond acceptors (Lipinski definition) is 5. The number of anilines is 2. The highest BCUT2D eigenvalue weighted by Crippen LogP contribution is 2.58. The third-order valence-electron chi connectivity index (χ3n) is 8.63. The Morgan fingerprint density at radius 2 is 1.70 bits per heavy atom. The zero-order valence-corrected chi connectivity index (χ0v) is 22.9. The molecule has 0 aliphatic carbocycles. The Balaban J connectivity index is 1.50. The molecule has 1 fully saturated rings. The maximum absolute atomic E-state index is 14.8. The van der Waals surface area contributed by atoms with Gasteiger partial charge < -0.3 is 10.2 Å². The van der Waals surface area contributed by atoms with Gasteiger partial charge in [0.2, 0.25) is 5.91 Å². The molecule has 0 radical (unpaired) electrons. The van der Waals surface area contributed by atoms with E-state index in [1.165, 1.54) is 11.3 Å². The van der Waals surface area contributed by atoms with Gasteiger partial charge in [-0.3, -0.25) is 14.4 Å². The molecule has 1 aromatic heterocycles. The molecule has 3 aliphatic rings. The molecular formula is C34H28N2O3S. The molecule has 4 heterocycles. The van der Waals surface area contributed by atoms with E-state index < -0.39 is 23.4 Å². The molecule has 40 heavy (non-hydrogen) atoms. The zero-order valence-electron chi connectivity index (χ0n) is 22.0. The van der Waals surface area contributed by atoms with Crippen LogP contribution in [-0.2, 0) is 16.6 Å². The Labute approximate surface area is 237 Å². The van der Waals surface area contributed by atoms with Crippen LogP contribution in [0.25, 0.3) is 6.08 Å². The third kappa shape index (κ3) is 3.42. The second-order valence-electron chi connectivity index (χ2n) is 10.7. The zero-order chi connectivity index (χ0) is 27.4. The van der Waals surface area contributed by atoms with Gasteiger partial charge in [0.25, 0.3) is 0 Å². The first-order valence-electron chi connectivity index (χ1n) is 13.7. The third-order valence-corrected chi connectivity index (χ3v) is 9.52. The minimum absolute atomic E-state index is 0.139. The van der Waals surface area contributed by atoms with Crippen LogP contribution in [0.3, 0.4) is 0 Å². The van der Waals surface area contributed by atoms with Crippen molar-refractivity contribution in [1.29, 1.82) is 0 Å². The fraction of sp³-hybridized carbons (Fsp3) is 0.206. The summed E-state index contributed by atoms with van der Waals surface area (Å²) in [5.41, 5.74) is 3.67. The predicted molar refractivity (Wildman–Crippen MR) is 159 cm³/mol. The summed E-state index contributed by atoms with van der Waals surface area (Å²) in [6.07, 6.45) is 5.96. The quantitative estimate of drug-likeness (QED) is 0.279. The average molecular weight is 545 g/mol. The number of rotatable bonds is 6. The lowest BCUT2D eigenvalue weighted by Gasteiger charge is -2.37. The predicted octanol–water partition coefficient (Wildman–Crippen LogP) is 6.56. The molecule has 0 unspecified atom stereocenters. The molecule has 1 amide bonds. The number of amides is 1. The van der Waals surface area contributed by atoms with Gasteiger partial charge in [0.05, 0.1) is 16.8 Å². The van der Waals surface area contributed by atoms with Crippen LogP contribution in [-0.4, -0.2) is 29.6 Å². The van der Waals surface area contributed by atoms with Crippen LogP contribution in [0.15, 0.2) is 96.4 Å². The number of ketones is 2. The molecular weight excluding hydrogens is 516 g/mol. The van der Waals surface area contributed by atoms with Crippen molar-refractivity contribution in [2.75, 3.05) is 10.2 Å². The van der Waals surface area contributed by atoms with Gasteiger partial charge in [-0.25, -0.2) is 0 Å². The molecule has 198 valence electrons. The first kappa shape index (κ1) is 24.7. The van der Waals surface area contributed by atoms with Gasteiger partial charge >= 0.3 is 0 Å². The molecule has 0 saturated carbocycles. The molecule has 3 aliphatic heterocycles. The highest BCUT2D eigenvalue weighted by molar-refractivity contribution is 7.12. The van der Waals surface area contributed by atoms with Gasteiger partial charge in [-0.05, 0) is 46.7 Å². The smallest absolute Gasteiger partial charge is 0.238 e. The second kappa shape index (κ2) is 9.42. The van der Waals surface area contributed by atoms with Crippen LogP contribution in [0.4, 0.5) is 11.4 Å². The van der Waals surface area contributed by atoms with Crippen LogP contribution in [0.1, 0.15) is 50.1 Å². The Kier molecular flexibility index (Phi) is 5.82. The van der Waals surface area contributed by atoms with E-state index in [0.717, 1.165) is 35.2 Å². The molecule has 4 atom stereocenters. The summed E-state index contributed by atoms with van der Waals surface area (Å²) in [6.45, 7) is 2.12. The lowest BCUT2D eigenvalue weighted by atomic mass is 9.64. The van der Waals surface area contributed by atoms with Gasteiger partial charge in [-0.1, -0.05) is 92.2 Å². The van der Waals surface area contributed by atoms with Crippen molar-refractivity contribution in [1.82, 2.24) is 0 Å². The van der Waals surface area contributed by atoms with Crippen LogP contribution in [0.2, 0.25) is 0 Å². The first-order chi connectivity index (χ1) is 19.6. The number of aryl methyl sites for hydroxylation is 1. The maximum atomic E-state index is 14.8. The van der Waals surface area contributed by atoms with E-state index in [1.54, 1.807) is 0 Å². The summed E-state index contributed by atoms with van der Waals surface area (Å²) in [5.74, 6) is -1.51. The number of nitrogens with one attached hydrogen (secondary N) is 1. The fourth-order valence-corrected chi connectivity index (χ4v) is 7.69. The molecule has 3 aromatic carbocycles. The Morgan fingerprint density at radius 3 is 2.48 bits per heavy atom. The summed E-state index contributed by atoms with van der Waals surface area (Å²) < 4.78 is 0. The summed E-state index contributed by atoms with van der Waals surface area (Å²) in [4.78, 5) is 46.2. The Hall–Kier alpha value is -4.29. The largest absolute Gasteiger partial charge is 0.352 e. The lowest BCUT2D eigenvalue weighted by molar-refractivity contribution is -0.121. The molecule has 7 rings (SSSR count). The van der Waals surface area contributed by atoms with Gasteiger partial charge in [-0.15, -0.1) is 11.3 Å². The minimum atomic E-state index is -1.28. The topological polar surface area (TPSA) is 66.5 Å².